The summed E-state index contributed by atoms with van der Waals surface area (Å²) in [5, 5.41) is 6.35. The molecule has 0 saturated carbocycles. The van der Waals surface area contributed by atoms with Gasteiger partial charge in [0.15, 0.2) is 11.5 Å². The number of aryl methyl sites for hydroxylation is 1. The Bertz CT molecular complexity index is 1250. The fraction of sp³-hybridized carbons (Fsp3) is 0.130. The van der Waals surface area contributed by atoms with Crippen molar-refractivity contribution in [1.82, 2.24) is 0 Å². The van der Waals surface area contributed by atoms with E-state index in [-0.39, 0.29) is 18.6 Å². The van der Waals surface area contributed by atoms with Crippen LogP contribution >= 0.6 is 0 Å². The summed E-state index contributed by atoms with van der Waals surface area (Å²) in [6.45, 7) is 2.06. The molecule has 3 heterocycles. The van der Waals surface area contributed by atoms with E-state index < -0.39 is 5.66 Å². The Labute approximate surface area is 172 Å². The highest BCUT2D eigenvalue weighted by molar-refractivity contribution is 6.22. The first-order valence-corrected chi connectivity index (χ1v) is 9.62. The van der Waals surface area contributed by atoms with Crippen LogP contribution in [0, 0.1) is 6.92 Å². The third-order valence-electron chi connectivity index (χ3n) is 5.86. The number of anilines is 3. The topological polar surface area (TPSA) is 79.9 Å². The second-order valence-corrected chi connectivity index (χ2v) is 7.51. The molecular weight excluding hydrogens is 382 g/mol. The van der Waals surface area contributed by atoms with E-state index >= 15 is 0 Å². The zero-order valence-electron chi connectivity index (χ0n) is 16.1. The molecule has 0 unspecified atom stereocenters. The van der Waals surface area contributed by atoms with E-state index in [0.29, 0.717) is 39.7 Å². The maximum absolute atomic E-state index is 13.8. The molecule has 1 atom stereocenters. The van der Waals surface area contributed by atoms with Crippen molar-refractivity contribution in [3.63, 3.8) is 0 Å². The SMILES string of the molecule is Cc1cccc2c1NC(=O)[C@@]21Nc2ccccc2C(=O)N1c1ccc2c(c1)OCO2. The zero-order valence-corrected chi connectivity index (χ0v) is 16.1. The summed E-state index contributed by atoms with van der Waals surface area (Å²) >= 11 is 0. The van der Waals surface area contributed by atoms with Gasteiger partial charge in [-0.05, 0) is 36.8 Å². The van der Waals surface area contributed by atoms with Gasteiger partial charge in [-0.15, -0.1) is 0 Å². The fourth-order valence-electron chi connectivity index (χ4n) is 4.44. The predicted octanol–water partition coefficient (Wildman–Crippen LogP) is 3.60. The van der Waals surface area contributed by atoms with Gasteiger partial charge in [-0.1, -0.05) is 30.3 Å². The van der Waals surface area contributed by atoms with Crippen LogP contribution in [0.5, 0.6) is 11.5 Å². The summed E-state index contributed by atoms with van der Waals surface area (Å²) in [5.74, 6) is 0.565. The number of nitrogens with zero attached hydrogens (tertiary/aromatic N) is 1. The number of carbonyl (C=O) groups is 2. The minimum Gasteiger partial charge on any atom is -0.454 e. The van der Waals surface area contributed by atoms with Crippen molar-refractivity contribution in [3.05, 3.63) is 77.4 Å². The molecule has 148 valence electrons. The largest absolute Gasteiger partial charge is 0.454 e. The van der Waals surface area contributed by atoms with Gasteiger partial charge in [-0.25, -0.2) is 0 Å². The lowest BCUT2D eigenvalue weighted by atomic mass is 9.91. The van der Waals surface area contributed by atoms with Gasteiger partial charge in [-0.2, -0.15) is 0 Å². The Morgan fingerprint density at radius 1 is 0.967 bits per heavy atom. The number of ether oxygens (including phenoxy) is 2. The van der Waals surface area contributed by atoms with Crippen LogP contribution in [0.1, 0.15) is 21.5 Å². The van der Waals surface area contributed by atoms with Gasteiger partial charge in [0.2, 0.25) is 12.5 Å². The van der Waals surface area contributed by atoms with Crippen LogP contribution in [0.4, 0.5) is 17.1 Å². The molecule has 1 spiro atoms. The molecule has 7 heteroatoms. The number of nitrogens with one attached hydrogen (secondary N) is 2. The Kier molecular flexibility index (Phi) is 3.25. The van der Waals surface area contributed by atoms with E-state index in [1.807, 2.05) is 37.3 Å². The maximum Gasteiger partial charge on any atom is 0.276 e. The van der Waals surface area contributed by atoms with E-state index in [2.05, 4.69) is 10.6 Å². The van der Waals surface area contributed by atoms with Crippen molar-refractivity contribution < 1.29 is 19.1 Å². The zero-order chi connectivity index (χ0) is 20.5. The highest BCUT2D eigenvalue weighted by Crippen LogP contribution is 2.49. The summed E-state index contributed by atoms with van der Waals surface area (Å²) in [6, 6.07) is 18.2. The third-order valence-corrected chi connectivity index (χ3v) is 5.86. The summed E-state index contributed by atoms with van der Waals surface area (Å²) < 4.78 is 10.9. The van der Waals surface area contributed by atoms with Crippen LogP contribution in [0.2, 0.25) is 0 Å². The fourth-order valence-corrected chi connectivity index (χ4v) is 4.44. The molecule has 0 fully saturated rings. The lowest BCUT2D eigenvalue weighted by molar-refractivity contribution is -0.119. The monoisotopic (exact) mass is 399 g/mol. The molecular formula is C23H17N3O4. The van der Waals surface area contributed by atoms with Crippen molar-refractivity contribution in [3.8, 4) is 11.5 Å². The standard InChI is InChI=1S/C23H17N3O4/c1-13-5-4-7-16-20(13)24-22(28)23(16)25-17-8-3-2-6-15(17)21(27)26(23)14-9-10-18-19(11-14)30-12-29-18/h2-11,25H,12H2,1H3,(H,24,28)/t23-/m1/s1. The Balaban J connectivity index is 1.64. The van der Waals surface area contributed by atoms with E-state index in [1.165, 1.54) is 4.90 Å². The number of para-hydroxylation sites is 2. The molecule has 2 N–H and O–H groups in total. The van der Waals surface area contributed by atoms with Crippen molar-refractivity contribution in [1.29, 1.82) is 0 Å². The summed E-state index contributed by atoms with van der Waals surface area (Å²) in [6.07, 6.45) is 0. The molecule has 3 aromatic rings. The summed E-state index contributed by atoms with van der Waals surface area (Å²) in [7, 11) is 0. The Hall–Kier alpha value is -4.00. The molecule has 6 rings (SSSR count). The molecule has 0 aliphatic carbocycles. The molecule has 3 aromatic carbocycles. The molecule has 30 heavy (non-hydrogen) atoms. The molecule has 0 aromatic heterocycles. The quantitative estimate of drug-likeness (QED) is 0.654. The maximum atomic E-state index is 13.8. The average Bonchev–Trinajstić information content (AvgIpc) is 3.32. The van der Waals surface area contributed by atoms with Crippen molar-refractivity contribution in [2.45, 2.75) is 12.6 Å². The van der Waals surface area contributed by atoms with Crippen LogP contribution < -0.4 is 25.0 Å². The van der Waals surface area contributed by atoms with Gasteiger partial charge >= 0.3 is 0 Å². The van der Waals surface area contributed by atoms with E-state index in [4.69, 9.17) is 9.47 Å². The number of hydrogen-bond donors (Lipinski definition) is 2. The lowest BCUT2D eigenvalue weighted by Crippen LogP contribution is -2.61. The second-order valence-electron chi connectivity index (χ2n) is 7.51. The van der Waals surface area contributed by atoms with Crippen LogP contribution in [0.15, 0.2) is 60.7 Å². The number of benzene rings is 3. The van der Waals surface area contributed by atoms with Gasteiger partial charge in [0.25, 0.3) is 11.8 Å². The van der Waals surface area contributed by atoms with Gasteiger partial charge < -0.3 is 20.1 Å². The molecule has 2 amide bonds. The number of fused-ring (bicyclic) bond motifs is 4. The molecule has 0 saturated heterocycles. The Morgan fingerprint density at radius 2 is 1.80 bits per heavy atom. The van der Waals surface area contributed by atoms with Gasteiger partial charge in [0, 0.05) is 17.3 Å². The number of amides is 2. The van der Waals surface area contributed by atoms with Gasteiger partial charge in [0.1, 0.15) is 0 Å². The normalized spacial score (nSPS) is 20.6. The second kappa shape index (κ2) is 5.76. The average molecular weight is 399 g/mol. The number of rotatable bonds is 1. The van der Waals surface area contributed by atoms with Crippen molar-refractivity contribution in [2.75, 3.05) is 22.3 Å². The van der Waals surface area contributed by atoms with Crippen molar-refractivity contribution >= 4 is 28.9 Å². The molecule has 7 nitrogen and oxygen atoms in total. The van der Waals surface area contributed by atoms with Crippen LogP contribution in [0.3, 0.4) is 0 Å². The molecule has 0 bridgehead atoms. The molecule has 3 aliphatic heterocycles. The van der Waals surface area contributed by atoms with E-state index in [1.54, 1.807) is 30.3 Å². The predicted molar refractivity (Wildman–Crippen MR) is 111 cm³/mol. The highest BCUT2D eigenvalue weighted by atomic mass is 16.7. The minimum atomic E-state index is -1.42. The third kappa shape index (κ3) is 2.03. The summed E-state index contributed by atoms with van der Waals surface area (Å²) in [5.41, 5.74) is 2.58. The lowest BCUT2D eigenvalue weighted by Gasteiger charge is -2.44. The first-order chi connectivity index (χ1) is 14.6. The van der Waals surface area contributed by atoms with Gasteiger partial charge in [-0.3, -0.25) is 14.5 Å². The first-order valence-electron chi connectivity index (χ1n) is 9.62. The van der Waals surface area contributed by atoms with Gasteiger partial charge in [0.05, 0.1) is 16.9 Å². The first kappa shape index (κ1) is 16.9. The Morgan fingerprint density at radius 3 is 2.70 bits per heavy atom. The van der Waals surface area contributed by atoms with Crippen molar-refractivity contribution in [2.24, 2.45) is 0 Å². The smallest absolute Gasteiger partial charge is 0.276 e. The van der Waals surface area contributed by atoms with Crippen LogP contribution in [-0.4, -0.2) is 18.6 Å². The number of hydrogen-bond acceptors (Lipinski definition) is 5. The van der Waals surface area contributed by atoms with E-state index in [0.717, 1.165) is 5.56 Å². The molecule has 0 radical (unpaired) electrons. The number of carbonyl (C=O) groups excluding carboxylic acids is 2. The highest BCUT2D eigenvalue weighted by Gasteiger charge is 2.57. The van der Waals surface area contributed by atoms with Crippen LogP contribution in [0.25, 0.3) is 0 Å². The van der Waals surface area contributed by atoms with Crippen LogP contribution in [-0.2, 0) is 10.5 Å². The molecule has 3 aliphatic rings. The van der Waals surface area contributed by atoms with E-state index in [9.17, 15) is 9.59 Å². The summed E-state index contributed by atoms with van der Waals surface area (Å²) in [4.78, 5) is 28.8. The minimum absolute atomic E-state index is 0.126.